The number of amides is 2. The zero-order valence-electron chi connectivity index (χ0n) is 11.5. The highest BCUT2D eigenvalue weighted by Crippen LogP contribution is 2.17. The third-order valence-corrected chi connectivity index (χ3v) is 4.20. The summed E-state index contributed by atoms with van der Waals surface area (Å²) in [5.74, 6) is 0.648. The average Bonchev–Trinajstić information content (AvgIpc) is 2.86. The number of thioether (sulfide) groups is 1. The van der Waals surface area contributed by atoms with Crippen molar-refractivity contribution in [3.05, 3.63) is 24.4 Å². The quantitative estimate of drug-likeness (QED) is 0.631. The lowest BCUT2D eigenvalue weighted by molar-refractivity contribution is -0.128. The molecule has 2 amide bonds. The number of carbonyl (C=O) groups is 2. The fourth-order valence-electron chi connectivity index (χ4n) is 2.16. The summed E-state index contributed by atoms with van der Waals surface area (Å²) in [6.07, 6.45) is 2.09. The molecule has 5 nitrogen and oxygen atoms in total. The van der Waals surface area contributed by atoms with Crippen molar-refractivity contribution in [3.63, 3.8) is 0 Å². The second-order valence-electron chi connectivity index (χ2n) is 4.64. The molecule has 1 fully saturated rings. The zero-order valence-corrected chi connectivity index (χ0v) is 12.4. The lowest BCUT2D eigenvalue weighted by Gasteiger charge is -2.13. The molecule has 108 valence electrons. The van der Waals surface area contributed by atoms with Gasteiger partial charge in [-0.25, -0.2) is 4.98 Å². The van der Waals surface area contributed by atoms with Gasteiger partial charge in [0.25, 0.3) is 0 Å². The Labute approximate surface area is 123 Å². The summed E-state index contributed by atoms with van der Waals surface area (Å²) in [5.41, 5.74) is 0. The predicted octanol–water partition coefficient (Wildman–Crippen LogP) is 1.16. The van der Waals surface area contributed by atoms with E-state index < -0.39 is 0 Å². The Morgan fingerprint density at radius 2 is 2.40 bits per heavy atom. The van der Waals surface area contributed by atoms with Crippen molar-refractivity contribution < 1.29 is 9.59 Å². The average molecular weight is 293 g/mol. The van der Waals surface area contributed by atoms with Crippen molar-refractivity contribution in [2.24, 2.45) is 5.92 Å². The molecule has 0 saturated carbocycles. The van der Waals surface area contributed by atoms with Crippen LogP contribution < -0.4 is 5.32 Å². The summed E-state index contributed by atoms with van der Waals surface area (Å²) >= 11 is 1.61. The van der Waals surface area contributed by atoms with E-state index >= 15 is 0 Å². The molecule has 2 heterocycles. The number of hydrogen-bond acceptors (Lipinski definition) is 4. The van der Waals surface area contributed by atoms with Crippen LogP contribution in [0.3, 0.4) is 0 Å². The van der Waals surface area contributed by atoms with Gasteiger partial charge in [0.15, 0.2) is 0 Å². The number of likely N-dealkylation sites (tertiary alicyclic amines) is 1. The highest BCUT2D eigenvalue weighted by Gasteiger charge is 2.32. The van der Waals surface area contributed by atoms with Crippen molar-refractivity contribution in [3.8, 4) is 0 Å². The van der Waals surface area contributed by atoms with Gasteiger partial charge in [0.05, 0.1) is 10.9 Å². The maximum atomic E-state index is 11.9. The molecule has 0 bridgehead atoms. The molecule has 0 aromatic carbocycles. The summed E-state index contributed by atoms with van der Waals surface area (Å²) in [5, 5.41) is 3.85. The Morgan fingerprint density at radius 3 is 3.05 bits per heavy atom. The van der Waals surface area contributed by atoms with Crippen LogP contribution in [0.4, 0.5) is 0 Å². The van der Waals surface area contributed by atoms with Crippen molar-refractivity contribution in [1.82, 2.24) is 15.2 Å². The number of rotatable bonds is 6. The van der Waals surface area contributed by atoms with Gasteiger partial charge in [0.2, 0.25) is 11.8 Å². The molecule has 20 heavy (non-hydrogen) atoms. The molecule has 2 rings (SSSR count). The molecular formula is C14H19N3O2S. The van der Waals surface area contributed by atoms with E-state index in [4.69, 9.17) is 0 Å². The van der Waals surface area contributed by atoms with Crippen LogP contribution in [0.5, 0.6) is 0 Å². The van der Waals surface area contributed by atoms with Gasteiger partial charge in [0.1, 0.15) is 0 Å². The van der Waals surface area contributed by atoms with Crippen molar-refractivity contribution in [2.75, 3.05) is 25.4 Å². The molecular weight excluding hydrogens is 274 g/mol. The summed E-state index contributed by atoms with van der Waals surface area (Å²) in [7, 11) is 0. The van der Waals surface area contributed by atoms with Gasteiger partial charge in [-0.3, -0.25) is 9.59 Å². The second-order valence-corrected chi connectivity index (χ2v) is 5.76. The molecule has 1 saturated heterocycles. The van der Waals surface area contributed by atoms with Gasteiger partial charge in [-0.15, -0.1) is 11.8 Å². The van der Waals surface area contributed by atoms with Gasteiger partial charge in [-0.05, 0) is 19.1 Å². The minimum absolute atomic E-state index is 0.0177. The largest absolute Gasteiger partial charge is 0.355 e. The first kappa shape index (κ1) is 14.8. The number of nitrogens with zero attached hydrogens (tertiary/aromatic N) is 2. The minimum Gasteiger partial charge on any atom is -0.355 e. The van der Waals surface area contributed by atoms with Crippen LogP contribution in [0.1, 0.15) is 13.3 Å². The van der Waals surface area contributed by atoms with E-state index in [2.05, 4.69) is 10.3 Å². The standard InChI is InChI=1S/C14H19N3O2S/c1-2-17-10-11(9-13(17)18)14(19)16-7-8-20-12-5-3-4-6-15-12/h3-6,11H,2,7-10H2,1H3,(H,16,19)/t11-/m1/s1. The first-order valence-corrected chi connectivity index (χ1v) is 7.78. The smallest absolute Gasteiger partial charge is 0.225 e. The first-order chi connectivity index (χ1) is 9.70. The van der Waals surface area contributed by atoms with Gasteiger partial charge in [0, 0.05) is 38.0 Å². The van der Waals surface area contributed by atoms with Crippen LogP contribution >= 0.6 is 11.8 Å². The van der Waals surface area contributed by atoms with E-state index in [0.717, 1.165) is 10.8 Å². The normalized spacial score (nSPS) is 18.4. The summed E-state index contributed by atoms with van der Waals surface area (Å²) in [6, 6.07) is 5.76. The fraction of sp³-hybridized carbons (Fsp3) is 0.500. The van der Waals surface area contributed by atoms with Crippen LogP contribution in [-0.2, 0) is 9.59 Å². The first-order valence-electron chi connectivity index (χ1n) is 6.80. The van der Waals surface area contributed by atoms with E-state index in [1.807, 2.05) is 25.1 Å². The lowest BCUT2D eigenvalue weighted by Crippen LogP contribution is -2.34. The molecule has 1 aromatic rings. The Balaban J connectivity index is 1.67. The maximum Gasteiger partial charge on any atom is 0.225 e. The highest BCUT2D eigenvalue weighted by atomic mass is 32.2. The van der Waals surface area contributed by atoms with Crippen molar-refractivity contribution >= 4 is 23.6 Å². The Bertz CT molecular complexity index is 467. The molecule has 1 N–H and O–H groups in total. The van der Waals surface area contributed by atoms with Crippen molar-refractivity contribution in [1.29, 1.82) is 0 Å². The van der Waals surface area contributed by atoms with Crippen LogP contribution in [0.15, 0.2) is 29.4 Å². The third-order valence-electron chi connectivity index (χ3n) is 3.26. The van der Waals surface area contributed by atoms with Gasteiger partial charge in [-0.1, -0.05) is 6.07 Å². The predicted molar refractivity (Wildman–Crippen MR) is 78.3 cm³/mol. The topological polar surface area (TPSA) is 62.3 Å². The van der Waals surface area contributed by atoms with Crippen LogP contribution in [-0.4, -0.2) is 47.1 Å². The van der Waals surface area contributed by atoms with Gasteiger partial charge < -0.3 is 10.2 Å². The number of hydrogen-bond donors (Lipinski definition) is 1. The van der Waals surface area contributed by atoms with E-state index in [1.165, 1.54) is 0 Å². The number of aromatic nitrogens is 1. The van der Waals surface area contributed by atoms with E-state index in [-0.39, 0.29) is 17.7 Å². The molecule has 0 aliphatic carbocycles. The Hall–Kier alpha value is -1.56. The summed E-state index contributed by atoms with van der Waals surface area (Å²) < 4.78 is 0. The second kappa shape index (κ2) is 7.28. The van der Waals surface area contributed by atoms with Crippen LogP contribution in [0, 0.1) is 5.92 Å². The molecule has 1 atom stereocenters. The Morgan fingerprint density at radius 1 is 1.55 bits per heavy atom. The highest BCUT2D eigenvalue weighted by molar-refractivity contribution is 7.99. The SMILES string of the molecule is CCN1C[C@H](C(=O)NCCSc2ccccn2)CC1=O. The van der Waals surface area contributed by atoms with Gasteiger partial charge >= 0.3 is 0 Å². The van der Waals surface area contributed by atoms with Gasteiger partial charge in [-0.2, -0.15) is 0 Å². The van der Waals surface area contributed by atoms with E-state index in [0.29, 0.717) is 26.1 Å². The molecule has 6 heteroatoms. The van der Waals surface area contributed by atoms with Crippen LogP contribution in [0.2, 0.25) is 0 Å². The molecule has 1 aliphatic heterocycles. The summed E-state index contributed by atoms with van der Waals surface area (Å²) in [6.45, 7) is 3.76. The number of nitrogens with one attached hydrogen (secondary N) is 1. The molecule has 0 spiro atoms. The maximum absolute atomic E-state index is 11.9. The number of carbonyl (C=O) groups excluding carboxylic acids is 2. The molecule has 1 aliphatic rings. The van der Waals surface area contributed by atoms with Crippen LogP contribution in [0.25, 0.3) is 0 Å². The van der Waals surface area contributed by atoms with E-state index in [9.17, 15) is 9.59 Å². The summed E-state index contributed by atoms with van der Waals surface area (Å²) in [4.78, 5) is 29.4. The molecule has 0 unspecified atom stereocenters. The lowest BCUT2D eigenvalue weighted by atomic mass is 10.1. The molecule has 1 aromatic heterocycles. The van der Waals surface area contributed by atoms with E-state index in [1.54, 1.807) is 22.9 Å². The number of pyridine rings is 1. The monoisotopic (exact) mass is 293 g/mol. The Kier molecular flexibility index (Phi) is 5.40. The molecule has 0 radical (unpaired) electrons. The minimum atomic E-state index is -0.192. The zero-order chi connectivity index (χ0) is 14.4. The fourth-order valence-corrected chi connectivity index (χ4v) is 2.88. The third kappa shape index (κ3) is 3.96. The van der Waals surface area contributed by atoms with Crippen molar-refractivity contribution in [2.45, 2.75) is 18.4 Å².